The maximum atomic E-state index is 11.5. The monoisotopic (exact) mass is 134 g/mol. The van der Waals surface area contributed by atoms with E-state index in [9.17, 15) is 4.39 Å². The number of rotatable bonds is 5. The number of likely N-dealkylation sites (N-methyl/N-ethyl adjacent to an activating group) is 1. The molecule has 2 nitrogen and oxygen atoms in total. The molecule has 0 aliphatic rings. The average Bonchev–Trinajstić information content (AvgIpc) is 1.89. The minimum absolute atomic E-state index is 0.281. The van der Waals surface area contributed by atoms with E-state index in [0.717, 1.165) is 6.54 Å². The van der Waals surface area contributed by atoms with Gasteiger partial charge >= 0.3 is 0 Å². The fourth-order valence-electron chi connectivity index (χ4n) is 0.487. The first kappa shape index (κ1) is 8.85. The second-order valence-electron chi connectivity index (χ2n) is 2.08. The van der Waals surface area contributed by atoms with Crippen LogP contribution in [0.3, 0.4) is 0 Å². The van der Waals surface area contributed by atoms with E-state index in [1.807, 2.05) is 14.0 Å². The number of hydrogen-bond acceptors (Lipinski definition) is 2. The molecule has 0 heterocycles. The summed E-state index contributed by atoms with van der Waals surface area (Å²) in [6, 6.07) is 0.427. The van der Waals surface area contributed by atoms with Crippen LogP contribution in [0.15, 0.2) is 0 Å². The van der Waals surface area contributed by atoms with Gasteiger partial charge in [0.25, 0.3) is 0 Å². The first-order valence-corrected chi connectivity index (χ1v) is 3.25. The summed E-state index contributed by atoms with van der Waals surface area (Å²) in [5.74, 6) is 0. The van der Waals surface area contributed by atoms with Crippen molar-refractivity contribution in [1.82, 2.24) is 10.6 Å². The Hall–Kier alpha value is -0.150. The van der Waals surface area contributed by atoms with Gasteiger partial charge in [0.15, 0.2) is 0 Å². The Labute approximate surface area is 55.8 Å². The first-order chi connectivity index (χ1) is 4.31. The van der Waals surface area contributed by atoms with Gasteiger partial charge in [-0.25, -0.2) is 4.39 Å². The van der Waals surface area contributed by atoms with Crippen molar-refractivity contribution in [1.29, 1.82) is 0 Å². The lowest BCUT2D eigenvalue weighted by Gasteiger charge is -2.09. The Morgan fingerprint density at radius 1 is 1.56 bits per heavy atom. The van der Waals surface area contributed by atoms with Gasteiger partial charge in [0.1, 0.15) is 6.67 Å². The third-order valence-corrected chi connectivity index (χ3v) is 1.21. The van der Waals surface area contributed by atoms with E-state index in [0.29, 0.717) is 12.6 Å². The van der Waals surface area contributed by atoms with Crippen molar-refractivity contribution in [2.45, 2.75) is 13.0 Å². The minimum atomic E-state index is -0.281. The van der Waals surface area contributed by atoms with Gasteiger partial charge in [-0.2, -0.15) is 0 Å². The zero-order chi connectivity index (χ0) is 7.11. The topological polar surface area (TPSA) is 24.1 Å². The molecule has 56 valence electrons. The summed E-state index contributed by atoms with van der Waals surface area (Å²) < 4.78 is 11.5. The molecule has 0 spiro atoms. The van der Waals surface area contributed by atoms with Crippen LogP contribution in [0.25, 0.3) is 0 Å². The molecule has 0 aromatic heterocycles. The van der Waals surface area contributed by atoms with Gasteiger partial charge in [-0.05, 0) is 14.0 Å². The van der Waals surface area contributed by atoms with Crippen molar-refractivity contribution < 1.29 is 4.39 Å². The van der Waals surface area contributed by atoms with Crippen LogP contribution in [-0.4, -0.2) is 32.9 Å². The molecule has 1 atom stereocenters. The van der Waals surface area contributed by atoms with Crippen LogP contribution in [0.4, 0.5) is 4.39 Å². The van der Waals surface area contributed by atoms with Crippen molar-refractivity contribution in [2.24, 2.45) is 0 Å². The predicted octanol–water partition coefficient (Wildman–Crippen LogP) is 0.153. The summed E-state index contributed by atoms with van der Waals surface area (Å²) in [4.78, 5) is 0. The molecular weight excluding hydrogens is 119 g/mol. The zero-order valence-electron chi connectivity index (χ0n) is 6.08. The largest absolute Gasteiger partial charge is 0.316 e. The van der Waals surface area contributed by atoms with E-state index in [2.05, 4.69) is 10.6 Å². The molecule has 1 unspecified atom stereocenters. The van der Waals surface area contributed by atoms with Gasteiger partial charge in [-0.3, -0.25) is 0 Å². The van der Waals surface area contributed by atoms with Gasteiger partial charge in [-0.1, -0.05) is 0 Å². The van der Waals surface area contributed by atoms with Crippen LogP contribution < -0.4 is 10.6 Å². The molecule has 0 aliphatic heterocycles. The summed E-state index contributed by atoms with van der Waals surface area (Å²) in [5.41, 5.74) is 0. The van der Waals surface area contributed by atoms with Crippen LogP contribution in [-0.2, 0) is 0 Å². The standard InChI is InChI=1S/C6H15FN2/c1-6(8-2)5-9-4-3-7/h6,8-9H,3-5H2,1-2H3. The van der Waals surface area contributed by atoms with Crippen molar-refractivity contribution in [3.05, 3.63) is 0 Å². The fraction of sp³-hybridized carbons (Fsp3) is 1.00. The lowest BCUT2D eigenvalue weighted by atomic mass is 10.3. The zero-order valence-corrected chi connectivity index (χ0v) is 6.08. The smallest absolute Gasteiger partial charge is 0.102 e. The molecule has 0 bridgehead atoms. The predicted molar refractivity (Wildman–Crippen MR) is 37.4 cm³/mol. The molecule has 0 aliphatic carbocycles. The highest BCUT2D eigenvalue weighted by atomic mass is 19.1. The van der Waals surface area contributed by atoms with E-state index < -0.39 is 0 Å². The van der Waals surface area contributed by atoms with E-state index in [1.54, 1.807) is 0 Å². The van der Waals surface area contributed by atoms with E-state index >= 15 is 0 Å². The molecule has 0 amide bonds. The second kappa shape index (κ2) is 5.98. The summed E-state index contributed by atoms with van der Waals surface area (Å²) in [5, 5.41) is 5.99. The fourth-order valence-corrected chi connectivity index (χ4v) is 0.487. The summed E-state index contributed by atoms with van der Waals surface area (Å²) >= 11 is 0. The number of halogens is 1. The maximum Gasteiger partial charge on any atom is 0.102 e. The molecule has 0 fully saturated rings. The quantitative estimate of drug-likeness (QED) is 0.523. The van der Waals surface area contributed by atoms with E-state index in [-0.39, 0.29) is 6.67 Å². The summed E-state index contributed by atoms with van der Waals surface area (Å²) in [6.45, 7) is 3.06. The molecule has 0 radical (unpaired) electrons. The molecule has 0 aromatic rings. The molecule has 0 saturated heterocycles. The Balaban J connectivity index is 2.88. The van der Waals surface area contributed by atoms with Crippen LogP contribution in [0, 0.1) is 0 Å². The molecule has 0 aromatic carbocycles. The van der Waals surface area contributed by atoms with Crippen LogP contribution in [0.5, 0.6) is 0 Å². The second-order valence-corrected chi connectivity index (χ2v) is 2.08. The number of nitrogens with one attached hydrogen (secondary N) is 2. The van der Waals surface area contributed by atoms with Crippen molar-refractivity contribution in [3.8, 4) is 0 Å². The molecule has 0 saturated carbocycles. The number of alkyl halides is 1. The third kappa shape index (κ3) is 5.73. The molecule has 0 rings (SSSR count). The molecule has 2 N–H and O–H groups in total. The third-order valence-electron chi connectivity index (χ3n) is 1.21. The first-order valence-electron chi connectivity index (χ1n) is 3.25. The lowest BCUT2D eigenvalue weighted by molar-refractivity contribution is 0.450. The van der Waals surface area contributed by atoms with Gasteiger partial charge in [0.2, 0.25) is 0 Å². The molecule has 9 heavy (non-hydrogen) atoms. The Morgan fingerprint density at radius 2 is 2.22 bits per heavy atom. The van der Waals surface area contributed by atoms with Crippen molar-refractivity contribution >= 4 is 0 Å². The normalized spacial score (nSPS) is 13.7. The highest BCUT2D eigenvalue weighted by Crippen LogP contribution is 1.74. The Morgan fingerprint density at radius 3 is 2.67 bits per heavy atom. The van der Waals surface area contributed by atoms with Gasteiger partial charge < -0.3 is 10.6 Å². The SMILES string of the molecule is CNC(C)CNCCF. The Bertz CT molecular complexity index is 59.0. The van der Waals surface area contributed by atoms with Crippen LogP contribution >= 0.6 is 0 Å². The van der Waals surface area contributed by atoms with Gasteiger partial charge in [0, 0.05) is 19.1 Å². The average molecular weight is 134 g/mol. The minimum Gasteiger partial charge on any atom is -0.316 e. The highest BCUT2D eigenvalue weighted by Gasteiger charge is 1.93. The maximum absolute atomic E-state index is 11.5. The summed E-state index contributed by atoms with van der Waals surface area (Å²) in [6.07, 6.45) is 0. The van der Waals surface area contributed by atoms with E-state index in [1.165, 1.54) is 0 Å². The Kier molecular flexibility index (Phi) is 5.88. The number of hydrogen-bond donors (Lipinski definition) is 2. The summed E-state index contributed by atoms with van der Waals surface area (Å²) in [7, 11) is 1.89. The molecular formula is C6H15FN2. The highest BCUT2D eigenvalue weighted by molar-refractivity contribution is 4.59. The van der Waals surface area contributed by atoms with Gasteiger partial charge in [0.05, 0.1) is 0 Å². The van der Waals surface area contributed by atoms with Crippen molar-refractivity contribution in [3.63, 3.8) is 0 Å². The molecule has 3 heteroatoms. The van der Waals surface area contributed by atoms with Crippen LogP contribution in [0.2, 0.25) is 0 Å². The van der Waals surface area contributed by atoms with Gasteiger partial charge in [-0.15, -0.1) is 0 Å². The van der Waals surface area contributed by atoms with Crippen LogP contribution in [0.1, 0.15) is 6.92 Å². The van der Waals surface area contributed by atoms with E-state index in [4.69, 9.17) is 0 Å². The lowest BCUT2D eigenvalue weighted by Crippen LogP contribution is -2.34. The van der Waals surface area contributed by atoms with Crippen molar-refractivity contribution in [2.75, 3.05) is 26.8 Å².